The van der Waals surface area contributed by atoms with Crippen molar-refractivity contribution < 1.29 is 9.84 Å². The Kier molecular flexibility index (Phi) is 2.35. The van der Waals surface area contributed by atoms with E-state index in [9.17, 15) is 5.11 Å². The van der Waals surface area contributed by atoms with Crippen molar-refractivity contribution in [1.82, 2.24) is 0 Å². The fourth-order valence-electron chi connectivity index (χ4n) is 1.40. The Morgan fingerprint density at radius 3 is 2.64 bits per heavy atom. The molecule has 1 saturated heterocycles. The number of rotatable bonds is 1. The SMILES string of the molecule is C/C=C1\COC[C@]1(O)C(C)C. The molecule has 1 heterocycles. The Morgan fingerprint density at radius 2 is 2.27 bits per heavy atom. The molecule has 0 aromatic carbocycles. The molecule has 0 aromatic heterocycles. The fraction of sp³-hybridized carbons (Fsp3) is 0.778. The maximum Gasteiger partial charge on any atom is 0.113 e. The van der Waals surface area contributed by atoms with Crippen LogP contribution in [0.4, 0.5) is 0 Å². The smallest absolute Gasteiger partial charge is 0.113 e. The number of ether oxygens (including phenoxy) is 1. The highest BCUT2D eigenvalue weighted by molar-refractivity contribution is 5.21. The van der Waals surface area contributed by atoms with Gasteiger partial charge in [0.25, 0.3) is 0 Å². The summed E-state index contributed by atoms with van der Waals surface area (Å²) in [6.45, 7) is 7.00. The first-order valence-corrected chi connectivity index (χ1v) is 4.07. The van der Waals surface area contributed by atoms with E-state index in [-0.39, 0.29) is 5.92 Å². The number of aliphatic hydroxyl groups is 1. The lowest BCUT2D eigenvalue weighted by Gasteiger charge is -2.26. The summed E-state index contributed by atoms with van der Waals surface area (Å²) in [6.07, 6.45) is 1.95. The van der Waals surface area contributed by atoms with E-state index < -0.39 is 5.60 Å². The first-order chi connectivity index (χ1) is 5.11. The van der Waals surface area contributed by atoms with Crippen LogP contribution < -0.4 is 0 Å². The molecule has 1 atom stereocenters. The minimum absolute atomic E-state index is 0.233. The van der Waals surface area contributed by atoms with Crippen LogP contribution in [0.15, 0.2) is 11.6 Å². The Labute approximate surface area is 67.9 Å². The van der Waals surface area contributed by atoms with Crippen LogP contribution in [0.2, 0.25) is 0 Å². The predicted octanol–water partition coefficient (Wildman–Crippen LogP) is 1.35. The van der Waals surface area contributed by atoms with Gasteiger partial charge in [-0.15, -0.1) is 0 Å². The van der Waals surface area contributed by atoms with Crippen molar-refractivity contribution >= 4 is 0 Å². The third kappa shape index (κ3) is 1.33. The number of allylic oxidation sites excluding steroid dienone is 1. The van der Waals surface area contributed by atoms with Crippen molar-refractivity contribution in [3.05, 3.63) is 11.6 Å². The van der Waals surface area contributed by atoms with Crippen molar-refractivity contribution in [2.45, 2.75) is 26.4 Å². The fourth-order valence-corrected chi connectivity index (χ4v) is 1.40. The van der Waals surface area contributed by atoms with Crippen molar-refractivity contribution in [2.24, 2.45) is 5.92 Å². The van der Waals surface area contributed by atoms with Gasteiger partial charge in [-0.2, -0.15) is 0 Å². The molecule has 0 spiro atoms. The van der Waals surface area contributed by atoms with Crippen LogP contribution in [0.5, 0.6) is 0 Å². The monoisotopic (exact) mass is 156 g/mol. The molecule has 1 aliphatic rings. The second-order valence-electron chi connectivity index (χ2n) is 3.39. The van der Waals surface area contributed by atoms with E-state index in [0.717, 1.165) is 5.57 Å². The molecule has 1 N–H and O–H groups in total. The summed E-state index contributed by atoms with van der Waals surface area (Å²) in [5, 5.41) is 10.0. The van der Waals surface area contributed by atoms with Crippen LogP contribution in [0.25, 0.3) is 0 Å². The summed E-state index contributed by atoms with van der Waals surface area (Å²) in [5.74, 6) is 0.233. The molecule has 1 rings (SSSR count). The Bertz CT molecular complexity index is 172. The topological polar surface area (TPSA) is 29.5 Å². The number of hydrogen-bond acceptors (Lipinski definition) is 2. The van der Waals surface area contributed by atoms with E-state index in [0.29, 0.717) is 13.2 Å². The zero-order valence-electron chi connectivity index (χ0n) is 7.42. The van der Waals surface area contributed by atoms with Gasteiger partial charge in [-0.1, -0.05) is 19.9 Å². The van der Waals surface area contributed by atoms with Gasteiger partial charge in [-0.25, -0.2) is 0 Å². The second-order valence-corrected chi connectivity index (χ2v) is 3.39. The maximum atomic E-state index is 10.0. The zero-order valence-corrected chi connectivity index (χ0v) is 7.42. The highest BCUT2D eigenvalue weighted by Gasteiger charge is 2.39. The van der Waals surface area contributed by atoms with E-state index in [1.165, 1.54) is 0 Å². The first-order valence-electron chi connectivity index (χ1n) is 4.07. The number of hydrogen-bond donors (Lipinski definition) is 1. The molecule has 0 aliphatic carbocycles. The first kappa shape index (κ1) is 8.75. The van der Waals surface area contributed by atoms with Crippen LogP contribution in [-0.2, 0) is 4.74 Å². The molecule has 0 bridgehead atoms. The summed E-state index contributed by atoms with van der Waals surface area (Å²) < 4.78 is 5.21. The van der Waals surface area contributed by atoms with Gasteiger partial charge in [0.15, 0.2) is 0 Å². The van der Waals surface area contributed by atoms with E-state index in [2.05, 4.69) is 0 Å². The molecular weight excluding hydrogens is 140 g/mol. The standard InChI is InChI=1S/C9H16O2/c1-4-8-5-11-6-9(8,10)7(2)3/h4,7,10H,5-6H2,1-3H3/b8-4+/t9-/m0/s1. The molecule has 2 heteroatoms. The van der Waals surface area contributed by atoms with Gasteiger partial charge in [0.1, 0.15) is 5.60 Å². The van der Waals surface area contributed by atoms with Crippen LogP contribution in [0.3, 0.4) is 0 Å². The van der Waals surface area contributed by atoms with Crippen LogP contribution in [0, 0.1) is 5.92 Å². The Balaban J connectivity index is 2.84. The molecule has 2 nitrogen and oxygen atoms in total. The third-order valence-corrected chi connectivity index (χ3v) is 2.44. The molecule has 0 saturated carbocycles. The lowest BCUT2D eigenvalue weighted by atomic mass is 9.85. The van der Waals surface area contributed by atoms with E-state index in [1.807, 2.05) is 26.8 Å². The Hall–Kier alpha value is -0.340. The molecule has 0 aromatic rings. The van der Waals surface area contributed by atoms with E-state index in [1.54, 1.807) is 0 Å². The predicted molar refractivity (Wildman–Crippen MR) is 44.4 cm³/mol. The lowest BCUT2D eigenvalue weighted by molar-refractivity contribution is 0.00610. The van der Waals surface area contributed by atoms with Gasteiger partial charge < -0.3 is 9.84 Å². The molecule has 0 amide bonds. The van der Waals surface area contributed by atoms with Gasteiger partial charge in [0.05, 0.1) is 13.2 Å². The summed E-state index contributed by atoms with van der Waals surface area (Å²) in [6, 6.07) is 0. The van der Waals surface area contributed by atoms with Gasteiger partial charge >= 0.3 is 0 Å². The molecule has 0 unspecified atom stereocenters. The molecule has 64 valence electrons. The molecule has 0 radical (unpaired) electrons. The van der Waals surface area contributed by atoms with Gasteiger partial charge in [-0.05, 0) is 18.4 Å². The summed E-state index contributed by atoms with van der Waals surface area (Å²) in [7, 11) is 0. The van der Waals surface area contributed by atoms with Crippen molar-refractivity contribution in [2.75, 3.05) is 13.2 Å². The molecule has 1 fully saturated rings. The van der Waals surface area contributed by atoms with Crippen molar-refractivity contribution in [3.8, 4) is 0 Å². The normalized spacial score (nSPS) is 35.5. The zero-order chi connectivity index (χ0) is 8.48. The summed E-state index contributed by atoms with van der Waals surface area (Å²) in [5.41, 5.74) is 0.321. The van der Waals surface area contributed by atoms with Crippen LogP contribution >= 0.6 is 0 Å². The minimum Gasteiger partial charge on any atom is -0.383 e. The van der Waals surface area contributed by atoms with Crippen LogP contribution in [0.1, 0.15) is 20.8 Å². The van der Waals surface area contributed by atoms with Crippen LogP contribution in [-0.4, -0.2) is 23.9 Å². The van der Waals surface area contributed by atoms with E-state index in [4.69, 9.17) is 4.74 Å². The third-order valence-electron chi connectivity index (χ3n) is 2.44. The lowest BCUT2D eigenvalue weighted by Crippen LogP contribution is -2.37. The molecule has 11 heavy (non-hydrogen) atoms. The van der Waals surface area contributed by atoms with Gasteiger partial charge in [-0.3, -0.25) is 0 Å². The summed E-state index contributed by atoms with van der Waals surface area (Å²) >= 11 is 0. The van der Waals surface area contributed by atoms with E-state index >= 15 is 0 Å². The average Bonchev–Trinajstić information content (AvgIpc) is 2.32. The van der Waals surface area contributed by atoms with Gasteiger partial charge in [0, 0.05) is 0 Å². The maximum absolute atomic E-state index is 10.0. The highest BCUT2D eigenvalue weighted by atomic mass is 16.5. The minimum atomic E-state index is -0.700. The Morgan fingerprint density at radius 1 is 1.64 bits per heavy atom. The van der Waals surface area contributed by atoms with Crippen molar-refractivity contribution in [1.29, 1.82) is 0 Å². The average molecular weight is 156 g/mol. The highest BCUT2D eigenvalue weighted by Crippen LogP contribution is 2.31. The largest absolute Gasteiger partial charge is 0.383 e. The second kappa shape index (κ2) is 2.95. The quantitative estimate of drug-likeness (QED) is 0.581. The summed E-state index contributed by atoms with van der Waals surface area (Å²) in [4.78, 5) is 0. The van der Waals surface area contributed by atoms with Crippen molar-refractivity contribution in [3.63, 3.8) is 0 Å². The molecular formula is C9H16O2. The van der Waals surface area contributed by atoms with Gasteiger partial charge in [0.2, 0.25) is 0 Å². The molecule has 1 aliphatic heterocycles.